The number of nitrogens with one attached hydrogen (secondary N) is 1. The SMILES string of the molecule is Clc1ccc2c(c1)Sc1ccccc1N2. The molecule has 3 rings (SSSR count). The van der Waals surface area contributed by atoms with Gasteiger partial charge in [-0.1, -0.05) is 35.5 Å². The van der Waals surface area contributed by atoms with Crippen LogP contribution in [0.15, 0.2) is 52.3 Å². The summed E-state index contributed by atoms with van der Waals surface area (Å²) < 4.78 is 0. The predicted molar refractivity (Wildman–Crippen MR) is 65.3 cm³/mol. The van der Waals surface area contributed by atoms with Gasteiger partial charge in [0, 0.05) is 14.8 Å². The van der Waals surface area contributed by atoms with Crippen LogP contribution in [0.1, 0.15) is 0 Å². The van der Waals surface area contributed by atoms with Gasteiger partial charge in [-0.3, -0.25) is 0 Å². The van der Waals surface area contributed by atoms with Crippen molar-refractivity contribution in [2.45, 2.75) is 9.79 Å². The summed E-state index contributed by atoms with van der Waals surface area (Å²) in [6.45, 7) is 0. The van der Waals surface area contributed by atoms with Crippen LogP contribution in [0.25, 0.3) is 0 Å². The van der Waals surface area contributed by atoms with Gasteiger partial charge >= 0.3 is 0 Å². The largest absolute Gasteiger partial charge is 0.354 e. The molecule has 0 amide bonds. The first-order valence-electron chi connectivity index (χ1n) is 4.66. The molecule has 0 spiro atoms. The average Bonchev–Trinajstić information content (AvgIpc) is 2.26. The molecule has 0 fully saturated rings. The Bertz CT molecular complexity index is 525. The summed E-state index contributed by atoms with van der Waals surface area (Å²) in [5, 5.41) is 4.17. The van der Waals surface area contributed by atoms with E-state index < -0.39 is 0 Å². The van der Waals surface area contributed by atoms with E-state index in [2.05, 4.69) is 17.4 Å². The Hall–Kier alpha value is -1.12. The zero-order chi connectivity index (χ0) is 10.3. The van der Waals surface area contributed by atoms with E-state index in [4.69, 9.17) is 11.6 Å². The minimum atomic E-state index is 0.780. The number of para-hydroxylation sites is 1. The smallest absolute Gasteiger partial charge is 0.0527 e. The minimum Gasteiger partial charge on any atom is -0.354 e. The number of halogens is 1. The van der Waals surface area contributed by atoms with Crippen molar-refractivity contribution in [2.75, 3.05) is 5.32 Å². The molecule has 0 aromatic heterocycles. The van der Waals surface area contributed by atoms with Gasteiger partial charge in [-0.2, -0.15) is 0 Å². The van der Waals surface area contributed by atoms with Gasteiger partial charge in [0.2, 0.25) is 0 Å². The summed E-state index contributed by atoms with van der Waals surface area (Å²) in [5.74, 6) is 0. The third-order valence-electron chi connectivity index (χ3n) is 2.32. The molecule has 0 radical (unpaired) electrons. The topological polar surface area (TPSA) is 12.0 Å². The molecule has 74 valence electrons. The van der Waals surface area contributed by atoms with Crippen molar-refractivity contribution >= 4 is 34.7 Å². The standard InChI is InChI=1S/C12H8ClNS/c13-8-5-6-10-12(7-8)15-11-4-2-1-3-9(11)14-10/h1-7,14H. The molecule has 1 N–H and O–H groups in total. The van der Waals surface area contributed by atoms with Gasteiger partial charge in [0.1, 0.15) is 0 Å². The maximum Gasteiger partial charge on any atom is 0.0527 e. The molecule has 1 aliphatic rings. The summed E-state index contributed by atoms with van der Waals surface area (Å²) in [7, 11) is 0. The molecule has 0 bridgehead atoms. The summed E-state index contributed by atoms with van der Waals surface area (Å²) in [4.78, 5) is 2.42. The van der Waals surface area contributed by atoms with Crippen LogP contribution in [-0.4, -0.2) is 0 Å². The van der Waals surface area contributed by atoms with Crippen LogP contribution in [-0.2, 0) is 0 Å². The maximum absolute atomic E-state index is 5.96. The fraction of sp³-hybridized carbons (Fsp3) is 0. The number of fused-ring (bicyclic) bond motifs is 2. The predicted octanol–water partition coefficient (Wildman–Crippen LogP) is 4.55. The van der Waals surface area contributed by atoms with Crippen LogP contribution in [0, 0.1) is 0 Å². The van der Waals surface area contributed by atoms with Crippen molar-refractivity contribution < 1.29 is 0 Å². The van der Waals surface area contributed by atoms with E-state index >= 15 is 0 Å². The normalized spacial score (nSPS) is 12.6. The molecular weight excluding hydrogens is 226 g/mol. The molecule has 0 atom stereocenters. The van der Waals surface area contributed by atoms with Crippen LogP contribution in [0.2, 0.25) is 5.02 Å². The van der Waals surface area contributed by atoms with E-state index in [1.54, 1.807) is 11.8 Å². The molecule has 15 heavy (non-hydrogen) atoms. The molecule has 0 saturated heterocycles. The van der Waals surface area contributed by atoms with E-state index in [-0.39, 0.29) is 0 Å². The van der Waals surface area contributed by atoms with Gasteiger partial charge in [0.15, 0.2) is 0 Å². The minimum absolute atomic E-state index is 0.780. The molecule has 1 heterocycles. The summed E-state index contributed by atoms with van der Waals surface area (Å²) >= 11 is 7.71. The van der Waals surface area contributed by atoms with Gasteiger partial charge in [-0.15, -0.1) is 0 Å². The maximum atomic E-state index is 5.96. The molecule has 2 aromatic rings. The van der Waals surface area contributed by atoms with Gasteiger partial charge in [0.25, 0.3) is 0 Å². The van der Waals surface area contributed by atoms with Crippen molar-refractivity contribution in [3.8, 4) is 0 Å². The number of hydrogen-bond acceptors (Lipinski definition) is 2. The molecule has 0 aliphatic carbocycles. The Balaban J connectivity index is 2.11. The zero-order valence-electron chi connectivity index (χ0n) is 7.83. The highest BCUT2D eigenvalue weighted by Gasteiger charge is 2.14. The number of benzene rings is 2. The van der Waals surface area contributed by atoms with Crippen LogP contribution in [0.5, 0.6) is 0 Å². The van der Waals surface area contributed by atoms with Gasteiger partial charge < -0.3 is 5.32 Å². The van der Waals surface area contributed by atoms with Gasteiger partial charge in [0.05, 0.1) is 11.4 Å². The summed E-state index contributed by atoms with van der Waals surface area (Å²) in [6.07, 6.45) is 0. The van der Waals surface area contributed by atoms with Crippen molar-refractivity contribution in [1.29, 1.82) is 0 Å². The highest BCUT2D eigenvalue weighted by Crippen LogP contribution is 2.44. The molecule has 2 aromatic carbocycles. The monoisotopic (exact) mass is 233 g/mol. The molecule has 3 heteroatoms. The Morgan fingerprint density at radius 1 is 0.933 bits per heavy atom. The highest BCUT2D eigenvalue weighted by molar-refractivity contribution is 7.99. The fourth-order valence-electron chi connectivity index (χ4n) is 1.61. The first-order chi connectivity index (χ1) is 7.33. The number of anilines is 2. The van der Waals surface area contributed by atoms with Gasteiger partial charge in [-0.25, -0.2) is 0 Å². The molecular formula is C12H8ClNS. The zero-order valence-corrected chi connectivity index (χ0v) is 9.40. The van der Waals surface area contributed by atoms with E-state index in [0.29, 0.717) is 0 Å². The number of rotatable bonds is 0. The second-order valence-electron chi connectivity index (χ2n) is 3.36. The first-order valence-corrected chi connectivity index (χ1v) is 5.86. The van der Waals surface area contributed by atoms with E-state index in [9.17, 15) is 0 Å². The van der Waals surface area contributed by atoms with Crippen LogP contribution in [0.4, 0.5) is 11.4 Å². The lowest BCUT2D eigenvalue weighted by Gasteiger charge is -2.20. The van der Waals surface area contributed by atoms with Gasteiger partial charge in [-0.05, 0) is 30.3 Å². The third kappa shape index (κ3) is 1.60. The lowest BCUT2D eigenvalue weighted by atomic mass is 10.2. The average molecular weight is 234 g/mol. The highest BCUT2D eigenvalue weighted by atomic mass is 35.5. The quantitative estimate of drug-likeness (QED) is 0.612. The molecule has 0 unspecified atom stereocenters. The van der Waals surface area contributed by atoms with E-state index in [1.807, 2.05) is 30.3 Å². The van der Waals surface area contributed by atoms with Crippen LogP contribution in [0.3, 0.4) is 0 Å². The second-order valence-corrected chi connectivity index (χ2v) is 4.88. The Kier molecular flexibility index (Phi) is 2.11. The Morgan fingerprint density at radius 2 is 1.73 bits per heavy atom. The lowest BCUT2D eigenvalue weighted by Crippen LogP contribution is -1.98. The fourth-order valence-corrected chi connectivity index (χ4v) is 2.87. The summed E-state index contributed by atoms with van der Waals surface area (Å²) in [5.41, 5.74) is 2.29. The lowest BCUT2D eigenvalue weighted by molar-refractivity contribution is 1.32. The van der Waals surface area contributed by atoms with Crippen molar-refractivity contribution in [3.05, 3.63) is 47.5 Å². The Morgan fingerprint density at radius 3 is 2.67 bits per heavy atom. The first kappa shape index (κ1) is 9.13. The summed E-state index contributed by atoms with van der Waals surface area (Å²) in [6, 6.07) is 14.2. The van der Waals surface area contributed by atoms with Crippen molar-refractivity contribution in [2.24, 2.45) is 0 Å². The second kappa shape index (κ2) is 3.47. The Labute approximate surface area is 97.5 Å². The number of hydrogen-bond donors (Lipinski definition) is 1. The third-order valence-corrected chi connectivity index (χ3v) is 3.69. The van der Waals surface area contributed by atoms with Crippen LogP contribution < -0.4 is 5.32 Å². The van der Waals surface area contributed by atoms with Crippen molar-refractivity contribution in [3.63, 3.8) is 0 Å². The van der Waals surface area contributed by atoms with E-state index in [1.165, 1.54) is 9.79 Å². The van der Waals surface area contributed by atoms with Crippen LogP contribution >= 0.6 is 23.4 Å². The molecule has 1 aliphatic heterocycles. The van der Waals surface area contributed by atoms with E-state index in [0.717, 1.165) is 16.4 Å². The molecule has 1 nitrogen and oxygen atoms in total. The van der Waals surface area contributed by atoms with Crippen molar-refractivity contribution in [1.82, 2.24) is 0 Å². The molecule has 0 saturated carbocycles.